The van der Waals surface area contributed by atoms with Crippen LogP contribution >= 0.6 is 0 Å². The Morgan fingerprint density at radius 3 is 2.29 bits per heavy atom. The standard InChI is InChI=1S/C25H29NO5/c1-29-19-15-13-17(14-16-19)23(26-18-9-5-4-6-10-18)22(25(28)31-3)20-11-7-8-12-21(20)24(27)30-2/h4-7,9-11,13-16,20-23,26H,8,12H2,1-3H3/t20-,21-,22+,23+/m0/s1. The minimum atomic E-state index is -0.640. The smallest absolute Gasteiger partial charge is 0.311 e. The Bertz CT molecular complexity index is 894. The second-order valence-corrected chi connectivity index (χ2v) is 7.52. The number of ether oxygens (including phenoxy) is 3. The molecule has 1 aliphatic rings. The van der Waals surface area contributed by atoms with E-state index in [9.17, 15) is 9.59 Å². The summed E-state index contributed by atoms with van der Waals surface area (Å²) in [6.07, 6.45) is 5.37. The zero-order valence-electron chi connectivity index (χ0n) is 18.1. The molecule has 6 nitrogen and oxygen atoms in total. The van der Waals surface area contributed by atoms with Crippen LogP contribution in [-0.4, -0.2) is 33.3 Å². The van der Waals surface area contributed by atoms with Crippen LogP contribution in [0.1, 0.15) is 24.4 Å². The van der Waals surface area contributed by atoms with Crippen molar-refractivity contribution >= 4 is 17.6 Å². The maximum atomic E-state index is 13.1. The molecule has 2 aromatic rings. The fourth-order valence-corrected chi connectivity index (χ4v) is 4.21. The molecular weight excluding hydrogens is 394 g/mol. The number of carbonyl (C=O) groups is 2. The first-order valence-corrected chi connectivity index (χ1v) is 10.4. The quantitative estimate of drug-likeness (QED) is 0.501. The molecule has 0 aliphatic heterocycles. The number of methoxy groups -OCH3 is 3. The van der Waals surface area contributed by atoms with Gasteiger partial charge in [0.2, 0.25) is 0 Å². The number of allylic oxidation sites excluding steroid dienone is 2. The van der Waals surface area contributed by atoms with E-state index in [1.54, 1.807) is 7.11 Å². The van der Waals surface area contributed by atoms with E-state index in [2.05, 4.69) is 5.32 Å². The van der Waals surface area contributed by atoms with Crippen LogP contribution in [0.15, 0.2) is 66.7 Å². The number of esters is 2. The van der Waals surface area contributed by atoms with Gasteiger partial charge in [-0.1, -0.05) is 42.5 Å². The van der Waals surface area contributed by atoms with Crippen molar-refractivity contribution in [1.82, 2.24) is 0 Å². The molecule has 0 bridgehead atoms. The molecule has 0 saturated heterocycles. The number of carbonyl (C=O) groups excluding carboxylic acids is 2. The lowest BCUT2D eigenvalue weighted by molar-refractivity contribution is -0.153. The average Bonchev–Trinajstić information content (AvgIpc) is 2.84. The predicted molar refractivity (Wildman–Crippen MR) is 119 cm³/mol. The van der Waals surface area contributed by atoms with E-state index >= 15 is 0 Å². The van der Waals surface area contributed by atoms with Gasteiger partial charge in [-0.2, -0.15) is 0 Å². The molecule has 0 spiro atoms. The molecule has 0 amide bonds. The summed E-state index contributed by atoms with van der Waals surface area (Å²) >= 11 is 0. The van der Waals surface area contributed by atoms with Crippen LogP contribution in [0, 0.1) is 17.8 Å². The second kappa shape index (κ2) is 10.7. The molecule has 0 radical (unpaired) electrons. The third-order valence-corrected chi connectivity index (χ3v) is 5.79. The molecule has 1 N–H and O–H groups in total. The maximum absolute atomic E-state index is 13.1. The Labute approximate surface area is 183 Å². The number of para-hydroxylation sites is 1. The van der Waals surface area contributed by atoms with E-state index in [4.69, 9.17) is 14.2 Å². The van der Waals surface area contributed by atoms with Gasteiger partial charge in [-0.05, 0) is 42.7 Å². The first kappa shape index (κ1) is 22.4. The Morgan fingerprint density at radius 2 is 1.68 bits per heavy atom. The monoisotopic (exact) mass is 423 g/mol. The molecule has 1 aliphatic carbocycles. The Balaban J connectivity index is 2.07. The van der Waals surface area contributed by atoms with Crippen LogP contribution in [0.2, 0.25) is 0 Å². The maximum Gasteiger partial charge on any atom is 0.311 e. The van der Waals surface area contributed by atoms with Gasteiger partial charge in [0.25, 0.3) is 0 Å². The van der Waals surface area contributed by atoms with E-state index in [1.807, 2.05) is 66.7 Å². The number of rotatable bonds is 8. The van der Waals surface area contributed by atoms with E-state index in [1.165, 1.54) is 14.2 Å². The number of hydrogen-bond donors (Lipinski definition) is 1. The predicted octanol–water partition coefficient (Wildman–Crippen LogP) is 4.39. The lowest BCUT2D eigenvalue weighted by Gasteiger charge is -2.36. The van der Waals surface area contributed by atoms with Crippen molar-refractivity contribution in [2.24, 2.45) is 17.8 Å². The molecule has 0 saturated carbocycles. The van der Waals surface area contributed by atoms with Gasteiger partial charge in [0.1, 0.15) is 5.75 Å². The lowest BCUT2D eigenvalue weighted by Crippen LogP contribution is -2.40. The van der Waals surface area contributed by atoms with Gasteiger partial charge in [-0.25, -0.2) is 0 Å². The normalized spacial score (nSPS) is 19.7. The molecule has 0 unspecified atom stereocenters. The summed E-state index contributed by atoms with van der Waals surface area (Å²) in [5, 5.41) is 3.50. The van der Waals surface area contributed by atoms with Gasteiger partial charge >= 0.3 is 11.9 Å². The molecule has 4 atom stereocenters. The number of hydrogen-bond acceptors (Lipinski definition) is 6. The first-order valence-electron chi connectivity index (χ1n) is 10.4. The van der Waals surface area contributed by atoms with Crippen molar-refractivity contribution in [2.45, 2.75) is 18.9 Å². The second-order valence-electron chi connectivity index (χ2n) is 7.52. The SMILES string of the molecule is COC(=O)[C@H]([C@H]1C=CCC[C@@H]1C(=O)OC)[C@H](Nc1ccccc1)c1ccc(OC)cc1. The highest BCUT2D eigenvalue weighted by molar-refractivity contribution is 5.79. The van der Waals surface area contributed by atoms with Crippen molar-refractivity contribution in [3.63, 3.8) is 0 Å². The first-order chi connectivity index (χ1) is 15.1. The topological polar surface area (TPSA) is 73.9 Å². The van der Waals surface area contributed by atoms with Crippen molar-refractivity contribution in [1.29, 1.82) is 0 Å². The van der Waals surface area contributed by atoms with E-state index in [0.717, 1.165) is 23.4 Å². The molecule has 3 rings (SSSR count). The van der Waals surface area contributed by atoms with Crippen LogP contribution in [0.5, 0.6) is 5.75 Å². The Hall–Kier alpha value is -3.28. The third kappa shape index (κ3) is 5.26. The molecule has 164 valence electrons. The highest BCUT2D eigenvalue weighted by Crippen LogP contribution is 2.41. The zero-order valence-corrected chi connectivity index (χ0v) is 18.1. The van der Waals surface area contributed by atoms with E-state index in [0.29, 0.717) is 6.42 Å². The summed E-state index contributed by atoms with van der Waals surface area (Å²) in [5.41, 5.74) is 1.76. The molecular formula is C25H29NO5. The Kier molecular flexibility index (Phi) is 7.70. The summed E-state index contributed by atoms with van der Waals surface area (Å²) in [7, 11) is 4.37. The van der Waals surface area contributed by atoms with Gasteiger partial charge in [0.15, 0.2) is 0 Å². The van der Waals surface area contributed by atoms with Crippen molar-refractivity contribution < 1.29 is 23.8 Å². The van der Waals surface area contributed by atoms with Crippen LogP contribution in [0.3, 0.4) is 0 Å². The summed E-state index contributed by atoms with van der Waals surface area (Å²) in [6, 6.07) is 16.8. The zero-order chi connectivity index (χ0) is 22.2. The van der Waals surface area contributed by atoms with E-state index < -0.39 is 17.9 Å². The molecule has 0 fully saturated rings. The van der Waals surface area contributed by atoms with Crippen LogP contribution in [0.4, 0.5) is 5.69 Å². The van der Waals surface area contributed by atoms with Crippen molar-refractivity contribution in [3.8, 4) is 5.75 Å². The molecule has 2 aromatic carbocycles. The fourth-order valence-electron chi connectivity index (χ4n) is 4.21. The summed E-state index contributed by atoms with van der Waals surface area (Å²) in [6.45, 7) is 0. The largest absolute Gasteiger partial charge is 0.497 e. The highest BCUT2D eigenvalue weighted by atomic mass is 16.5. The fraction of sp³-hybridized carbons (Fsp3) is 0.360. The molecule has 31 heavy (non-hydrogen) atoms. The van der Waals surface area contributed by atoms with Gasteiger partial charge in [0.05, 0.1) is 39.2 Å². The Morgan fingerprint density at radius 1 is 0.968 bits per heavy atom. The molecule has 0 heterocycles. The summed E-state index contributed by atoms with van der Waals surface area (Å²) in [5.74, 6) is -1.39. The lowest BCUT2D eigenvalue weighted by atomic mass is 9.72. The number of anilines is 1. The average molecular weight is 424 g/mol. The minimum Gasteiger partial charge on any atom is -0.497 e. The van der Waals surface area contributed by atoms with Crippen molar-refractivity contribution in [2.75, 3.05) is 26.6 Å². The number of nitrogens with one attached hydrogen (secondary N) is 1. The molecule has 0 aromatic heterocycles. The third-order valence-electron chi connectivity index (χ3n) is 5.79. The van der Waals surface area contributed by atoms with Crippen LogP contribution < -0.4 is 10.1 Å². The van der Waals surface area contributed by atoms with Crippen molar-refractivity contribution in [3.05, 3.63) is 72.3 Å². The minimum absolute atomic E-state index is 0.309. The van der Waals surface area contributed by atoms with Gasteiger partial charge in [-0.3, -0.25) is 9.59 Å². The van der Waals surface area contributed by atoms with Crippen LogP contribution in [-0.2, 0) is 19.1 Å². The molecule has 6 heteroatoms. The van der Waals surface area contributed by atoms with E-state index in [-0.39, 0.29) is 17.9 Å². The summed E-state index contributed by atoms with van der Waals surface area (Å²) < 4.78 is 15.6. The van der Waals surface area contributed by atoms with Gasteiger partial charge in [0, 0.05) is 11.6 Å². The number of benzene rings is 2. The highest BCUT2D eigenvalue weighted by Gasteiger charge is 2.43. The van der Waals surface area contributed by atoms with Crippen LogP contribution in [0.25, 0.3) is 0 Å². The summed E-state index contributed by atoms with van der Waals surface area (Å²) in [4.78, 5) is 25.7. The van der Waals surface area contributed by atoms with Gasteiger partial charge < -0.3 is 19.5 Å². The van der Waals surface area contributed by atoms with Gasteiger partial charge in [-0.15, -0.1) is 0 Å².